The summed E-state index contributed by atoms with van der Waals surface area (Å²) >= 11 is 0. The van der Waals surface area contributed by atoms with E-state index in [1.807, 2.05) is 12.2 Å². The fourth-order valence-electron chi connectivity index (χ4n) is 3.31. The normalized spacial score (nSPS) is 15.0. The van der Waals surface area contributed by atoms with Gasteiger partial charge >= 0.3 is 0 Å². The van der Waals surface area contributed by atoms with E-state index >= 15 is 0 Å². The average molecular weight is 351 g/mol. The molecule has 1 heterocycles. The molecule has 1 aromatic rings. The Labute approximate surface area is 160 Å². The quantitative estimate of drug-likeness (QED) is 0.471. The maximum Gasteiger partial charge on any atom is 0.0371 e. The van der Waals surface area contributed by atoms with Crippen LogP contribution in [0.25, 0.3) is 0 Å². The third kappa shape index (κ3) is 6.68. The number of nitrogens with one attached hydrogen (secondary N) is 1. The second-order valence-corrected chi connectivity index (χ2v) is 7.33. The molecule has 0 bridgehead atoms. The summed E-state index contributed by atoms with van der Waals surface area (Å²) in [5.41, 5.74) is 5.23. The average Bonchev–Trinajstić information content (AvgIpc) is 2.66. The molecule has 2 rings (SSSR count). The van der Waals surface area contributed by atoms with Gasteiger partial charge in [-0.15, -0.1) is 0 Å². The highest BCUT2D eigenvalue weighted by molar-refractivity contribution is 5.49. The molecule has 1 aliphatic rings. The molecule has 0 saturated carbocycles. The van der Waals surface area contributed by atoms with Gasteiger partial charge in [0, 0.05) is 18.3 Å². The number of rotatable bonds is 9. The van der Waals surface area contributed by atoms with Crippen molar-refractivity contribution in [2.75, 3.05) is 24.5 Å². The Balaban J connectivity index is 2.03. The van der Waals surface area contributed by atoms with Gasteiger partial charge in [-0.05, 0) is 70.3 Å². The number of aryl methyl sites for hydroxylation is 1. The van der Waals surface area contributed by atoms with Crippen LogP contribution in [0, 0.1) is 0 Å². The molecule has 0 radical (unpaired) electrons. The Hall–Kier alpha value is -2.06. The van der Waals surface area contributed by atoms with Crippen molar-refractivity contribution in [3.63, 3.8) is 0 Å². The molecule has 1 aromatic carbocycles. The molecule has 2 heteroatoms. The number of piperidine rings is 1. The van der Waals surface area contributed by atoms with E-state index in [0.717, 1.165) is 38.0 Å². The Morgan fingerprint density at radius 2 is 1.88 bits per heavy atom. The Morgan fingerprint density at radius 1 is 1.19 bits per heavy atom. The molecule has 2 nitrogen and oxygen atoms in total. The summed E-state index contributed by atoms with van der Waals surface area (Å²) < 4.78 is 0. The number of nitrogens with zero attached hydrogens (tertiary/aromatic N) is 1. The van der Waals surface area contributed by atoms with Crippen molar-refractivity contribution < 1.29 is 0 Å². The van der Waals surface area contributed by atoms with E-state index < -0.39 is 0 Å². The van der Waals surface area contributed by atoms with Crippen LogP contribution in [0.3, 0.4) is 0 Å². The molecule has 0 aromatic heterocycles. The standard InChI is InChI=1S/C24H34N2/c1-5-6-7-21(4)8-9-22-10-12-23(13-11-22)26(19-16-20(2)3)24-14-17-25-18-15-24/h5-7,10-13,16,24-25H,1,4,8-9,14-15,17-19H2,2-3H3/b7-6-. The molecule has 1 aliphatic heterocycles. The summed E-state index contributed by atoms with van der Waals surface area (Å²) in [6, 6.07) is 9.76. The summed E-state index contributed by atoms with van der Waals surface area (Å²) in [6.45, 7) is 15.4. The van der Waals surface area contributed by atoms with Gasteiger partial charge in [-0.1, -0.05) is 60.7 Å². The van der Waals surface area contributed by atoms with Crippen LogP contribution < -0.4 is 10.2 Å². The Morgan fingerprint density at radius 3 is 2.50 bits per heavy atom. The van der Waals surface area contributed by atoms with E-state index in [4.69, 9.17) is 0 Å². The molecule has 0 unspecified atom stereocenters. The number of hydrogen-bond acceptors (Lipinski definition) is 2. The molecule has 0 amide bonds. The van der Waals surface area contributed by atoms with Crippen LogP contribution in [0.5, 0.6) is 0 Å². The lowest BCUT2D eigenvalue weighted by Gasteiger charge is -2.36. The van der Waals surface area contributed by atoms with Gasteiger partial charge in [0.25, 0.3) is 0 Å². The van der Waals surface area contributed by atoms with Crippen LogP contribution in [-0.4, -0.2) is 25.7 Å². The number of benzene rings is 1. The van der Waals surface area contributed by atoms with Gasteiger partial charge in [0.15, 0.2) is 0 Å². The van der Waals surface area contributed by atoms with Crippen molar-refractivity contribution in [3.8, 4) is 0 Å². The summed E-state index contributed by atoms with van der Waals surface area (Å²) in [4.78, 5) is 2.57. The van der Waals surface area contributed by atoms with Gasteiger partial charge in [0.2, 0.25) is 0 Å². The van der Waals surface area contributed by atoms with Crippen molar-refractivity contribution in [2.24, 2.45) is 0 Å². The summed E-state index contributed by atoms with van der Waals surface area (Å²) in [5.74, 6) is 0. The largest absolute Gasteiger partial charge is 0.365 e. The molecular formula is C24H34N2. The lowest BCUT2D eigenvalue weighted by Crippen LogP contribution is -2.43. The first-order chi connectivity index (χ1) is 12.6. The third-order valence-electron chi connectivity index (χ3n) is 4.92. The molecule has 0 aliphatic carbocycles. The molecular weight excluding hydrogens is 316 g/mol. The highest BCUT2D eigenvalue weighted by Crippen LogP contribution is 2.23. The van der Waals surface area contributed by atoms with Gasteiger partial charge in [-0.3, -0.25) is 0 Å². The summed E-state index contributed by atoms with van der Waals surface area (Å²) in [6.07, 6.45) is 12.6. The first kappa shape index (κ1) is 20.3. The van der Waals surface area contributed by atoms with Crippen LogP contribution in [0.15, 0.2) is 72.9 Å². The van der Waals surface area contributed by atoms with Crippen molar-refractivity contribution in [2.45, 2.75) is 45.6 Å². The molecule has 26 heavy (non-hydrogen) atoms. The monoisotopic (exact) mass is 350 g/mol. The van der Waals surface area contributed by atoms with E-state index in [-0.39, 0.29) is 0 Å². The van der Waals surface area contributed by atoms with Crippen molar-refractivity contribution in [3.05, 3.63) is 78.4 Å². The zero-order valence-corrected chi connectivity index (χ0v) is 16.5. The molecule has 1 N–H and O–H groups in total. The number of anilines is 1. The first-order valence-corrected chi connectivity index (χ1v) is 9.76. The highest BCUT2D eigenvalue weighted by atomic mass is 15.2. The second kappa shape index (κ2) is 10.8. The fraction of sp³-hybridized carbons (Fsp3) is 0.417. The van der Waals surface area contributed by atoms with Gasteiger partial charge in [-0.2, -0.15) is 0 Å². The highest BCUT2D eigenvalue weighted by Gasteiger charge is 2.20. The maximum atomic E-state index is 4.10. The van der Waals surface area contributed by atoms with E-state index in [9.17, 15) is 0 Å². The first-order valence-electron chi connectivity index (χ1n) is 9.76. The second-order valence-electron chi connectivity index (χ2n) is 7.33. The molecule has 1 fully saturated rings. The lowest BCUT2D eigenvalue weighted by atomic mass is 10.0. The maximum absolute atomic E-state index is 4.10. The summed E-state index contributed by atoms with van der Waals surface area (Å²) in [5, 5.41) is 3.47. The van der Waals surface area contributed by atoms with Crippen LogP contribution >= 0.6 is 0 Å². The predicted octanol–water partition coefficient (Wildman–Crippen LogP) is 5.44. The van der Waals surface area contributed by atoms with Crippen LogP contribution in [0.4, 0.5) is 5.69 Å². The van der Waals surface area contributed by atoms with Gasteiger partial charge in [0.1, 0.15) is 0 Å². The minimum atomic E-state index is 0.626. The molecule has 0 spiro atoms. The van der Waals surface area contributed by atoms with Crippen molar-refractivity contribution in [1.82, 2.24) is 5.32 Å². The minimum Gasteiger partial charge on any atom is -0.365 e. The third-order valence-corrected chi connectivity index (χ3v) is 4.92. The van der Waals surface area contributed by atoms with E-state index in [1.165, 1.54) is 29.7 Å². The molecule has 140 valence electrons. The lowest BCUT2D eigenvalue weighted by molar-refractivity contribution is 0.437. The van der Waals surface area contributed by atoms with Gasteiger partial charge in [0.05, 0.1) is 0 Å². The Kier molecular flexibility index (Phi) is 8.43. The van der Waals surface area contributed by atoms with E-state index in [2.05, 4.69) is 67.6 Å². The van der Waals surface area contributed by atoms with E-state index in [0.29, 0.717) is 6.04 Å². The SMILES string of the molecule is C=C/C=C\C(=C)CCc1ccc(N(CC=C(C)C)C2CCNCC2)cc1. The number of hydrogen-bond donors (Lipinski definition) is 1. The smallest absolute Gasteiger partial charge is 0.0371 e. The van der Waals surface area contributed by atoms with Gasteiger partial charge < -0.3 is 10.2 Å². The molecule has 0 atom stereocenters. The fourth-order valence-corrected chi connectivity index (χ4v) is 3.31. The zero-order chi connectivity index (χ0) is 18.8. The van der Waals surface area contributed by atoms with Crippen molar-refractivity contribution in [1.29, 1.82) is 0 Å². The van der Waals surface area contributed by atoms with E-state index in [1.54, 1.807) is 6.08 Å². The van der Waals surface area contributed by atoms with Gasteiger partial charge in [-0.25, -0.2) is 0 Å². The Bertz CT molecular complexity index is 627. The van der Waals surface area contributed by atoms with Crippen LogP contribution in [0.1, 0.15) is 38.7 Å². The van der Waals surface area contributed by atoms with Crippen LogP contribution in [0.2, 0.25) is 0 Å². The summed E-state index contributed by atoms with van der Waals surface area (Å²) in [7, 11) is 0. The molecule has 1 saturated heterocycles. The van der Waals surface area contributed by atoms with Crippen LogP contribution in [-0.2, 0) is 6.42 Å². The minimum absolute atomic E-state index is 0.626. The topological polar surface area (TPSA) is 15.3 Å². The predicted molar refractivity (Wildman–Crippen MR) is 116 cm³/mol. The zero-order valence-electron chi connectivity index (χ0n) is 16.5. The number of allylic oxidation sites excluding steroid dienone is 5. The van der Waals surface area contributed by atoms with Crippen molar-refractivity contribution >= 4 is 5.69 Å².